The molecule has 1 heterocycles. The molecule has 2 aromatic rings. The fourth-order valence-corrected chi connectivity index (χ4v) is 2.08. The molecular formula is C15H15N3O3. The molecule has 0 aromatic heterocycles. The number of nitrogens with one attached hydrogen (secondary N) is 2. The van der Waals surface area contributed by atoms with Crippen LogP contribution in [0.15, 0.2) is 36.4 Å². The van der Waals surface area contributed by atoms with E-state index in [1.165, 1.54) is 0 Å². The van der Waals surface area contributed by atoms with E-state index in [0.717, 1.165) is 5.69 Å². The number of carbonyl (C=O) groups is 1. The smallest absolute Gasteiger partial charge is 0.251 e. The Morgan fingerprint density at radius 3 is 2.76 bits per heavy atom. The second-order valence-corrected chi connectivity index (χ2v) is 4.57. The summed E-state index contributed by atoms with van der Waals surface area (Å²) in [5.74, 6) is 1.23. The molecule has 0 fully saturated rings. The first-order chi connectivity index (χ1) is 10.2. The molecule has 0 aliphatic carbocycles. The molecule has 0 atom stereocenters. The van der Waals surface area contributed by atoms with Crippen molar-refractivity contribution in [3.63, 3.8) is 0 Å². The van der Waals surface area contributed by atoms with E-state index in [9.17, 15) is 4.79 Å². The maximum absolute atomic E-state index is 11.7. The fraction of sp³-hybridized carbons (Fsp3) is 0.133. The van der Waals surface area contributed by atoms with E-state index in [2.05, 4.69) is 10.6 Å². The number of carbonyl (C=O) groups excluding carboxylic acids is 1. The van der Waals surface area contributed by atoms with Crippen LogP contribution in [0.25, 0.3) is 0 Å². The lowest BCUT2D eigenvalue weighted by molar-refractivity contribution is 0.0963. The predicted octanol–water partition coefficient (Wildman–Crippen LogP) is 2.10. The van der Waals surface area contributed by atoms with Crippen molar-refractivity contribution in [3.8, 4) is 11.5 Å². The molecule has 1 amide bonds. The van der Waals surface area contributed by atoms with E-state index < -0.39 is 0 Å². The van der Waals surface area contributed by atoms with Crippen molar-refractivity contribution in [1.29, 1.82) is 0 Å². The summed E-state index contributed by atoms with van der Waals surface area (Å²) in [5.41, 5.74) is 8.50. The Balaban J connectivity index is 1.89. The molecule has 4 N–H and O–H groups in total. The standard InChI is InChI=1S/C15H15N3O3/c1-17-15(19)9-2-4-11(16)12(6-9)18-10-3-5-13-14(7-10)21-8-20-13/h2-7,18H,8,16H2,1H3,(H,17,19). The molecule has 0 radical (unpaired) electrons. The van der Waals surface area contributed by atoms with Crippen LogP contribution in [-0.2, 0) is 0 Å². The molecule has 108 valence electrons. The first-order valence-corrected chi connectivity index (χ1v) is 6.45. The Labute approximate surface area is 121 Å². The first kappa shape index (κ1) is 13.1. The summed E-state index contributed by atoms with van der Waals surface area (Å²) >= 11 is 0. The van der Waals surface area contributed by atoms with Crippen molar-refractivity contribution in [1.82, 2.24) is 5.32 Å². The molecule has 0 spiro atoms. The van der Waals surface area contributed by atoms with E-state index in [1.54, 1.807) is 25.2 Å². The average Bonchev–Trinajstić information content (AvgIpc) is 2.96. The van der Waals surface area contributed by atoms with Gasteiger partial charge in [-0.1, -0.05) is 0 Å². The molecule has 1 aliphatic heterocycles. The van der Waals surface area contributed by atoms with Gasteiger partial charge < -0.3 is 25.8 Å². The van der Waals surface area contributed by atoms with E-state index >= 15 is 0 Å². The third-order valence-electron chi connectivity index (χ3n) is 3.19. The van der Waals surface area contributed by atoms with Crippen LogP contribution >= 0.6 is 0 Å². The van der Waals surface area contributed by atoms with Crippen LogP contribution in [0.3, 0.4) is 0 Å². The maximum atomic E-state index is 11.7. The fourth-order valence-electron chi connectivity index (χ4n) is 2.08. The number of anilines is 3. The highest BCUT2D eigenvalue weighted by Crippen LogP contribution is 2.35. The maximum Gasteiger partial charge on any atom is 0.251 e. The molecule has 3 rings (SSSR count). The molecular weight excluding hydrogens is 270 g/mol. The number of ether oxygens (including phenoxy) is 2. The Hall–Kier alpha value is -2.89. The van der Waals surface area contributed by atoms with Crippen molar-refractivity contribution >= 4 is 23.0 Å². The summed E-state index contributed by atoms with van der Waals surface area (Å²) in [5, 5.41) is 5.76. The topological polar surface area (TPSA) is 85.6 Å². The van der Waals surface area contributed by atoms with Crippen LogP contribution in [0.1, 0.15) is 10.4 Å². The summed E-state index contributed by atoms with van der Waals surface area (Å²) in [4.78, 5) is 11.7. The van der Waals surface area contributed by atoms with Crippen molar-refractivity contribution in [2.75, 3.05) is 24.9 Å². The van der Waals surface area contributed by atoms with E-state index in [-0.39, 0.29) is 12.7 Å². The number of amides is 1. The van der Waals surface area contributed by atoms with Crippen LogP contribution in [0.5, 0.6) is 11.5 Å². The number of fused-ring (bicyclic) bond motifs is 1. The van der Waals surface area contributed by atoms with Gasteiger partial charge in [0.05, 0.1) is 11.4 Å². The van der Waals surface area contributed by atoms with Gasteiger partial charge in [0.15, 0.2) is 11.5 Å². The molecule has 6 heteroatoms. The van der Waals surface area contributed by atoms with Gasteiger partial charge in [0.1, 0.15) is 0 Å². The Bertz CT molecular complexity index is 701. The number of hydrogen-bond acceptors (Lipinski definition) is 5. The van der Waals surface area contributed by atoms with E-state index in [4.69, 9.17) is 15.2 Å². The Morgan fingerprint density at radius 1 is 1.14 bits per heavy atom. The van der Waals surface area contributed by atoms with Crippen LogP contribution < -0.4 is 25.8 Å². The quantitative estimate of drug-likeness (QED) is 0.752. The average molecular weight is 285 g/mol. The zero-order valence-electron chi connectivity index (χ0n) is 11.5. The van der Waals surface area contributed by atoms with Gasteiger partial charge in [0.25, 0.3) is 5.91 Å². The van der Waals surface area contributed by atoms with Gasteiger partial charge in [-0.15, -0.1) is 0 Å². The van der Waals surface area contributed by atoms with Crippen molar-refractivity contribution in [2.45, 2.75) is 0 Å². The molecule has 6 nitrogen and oxygen atoms in total. The second kappa shape index (κ2) is 5.24. The second-order valence-electron chi connectivity index (χ2n) is 4.57. The summed E-state index contributed by atoms with van der Waals surface area (Å²) in [7, 11) is 1.59. The predicted molar refractivity (Wildman–Crippen MR) is 80.1 cm³/mol. The minimum Gasteiger partial charge on any atom is -0.454 e. The summed E-state index contributed by atoms with van der Waals surface area (Å²) in [6, 6.07) is 10.6. The monoisotopic (exact) mass is 285 g/mol. The van der Waals surface area contributed by atoms with Gasteiger partial charge in [-0.05, 0) is 30.3 Å². The number of nitrogen functional groups attached to an aromatic ring is 1. The van der Waals surface area contributed by atoms with Crippen LogP contribution in [0.4, 0.5) is 17.1 Å². The number of rotatable bonds is 3. The molecule has 0 saturated heterocycles. The highest BCUT2D eigenvalue weighted by molar-refractivity contribution is 5.96. The third kappa shape index (κ3) is 2.55. The van der Waals surface area contributed by atoms with Gasteiger partial charge >= 0.3 is 0 Å². The highest BCUT2D eigenvalue weighted by atomic mass is 16.7. The largest absolute Gasteiger partial charge is 0.454 e. The molecule has 0 unspecified atom stereocenters. The van der Waals surface area contributed by atoms with Crippen LogP contribution in [0, 0.1) is 0 Å². The zero-order valence-corrected chi connectivity index (χ0v) is 11.5. The van der Waals surface area contributed by atoms with Crippen molar-refractivity contribution in [3.05, 3.63) is 42.0 Å². The minimum absolute atomic E-state index is 0.163. The zero-order chi connectivity index (χ0) is 14.8. The molecule has 0 bridgehead atoms. The number of benzene rings is 2. The third-order valence-corrected chi connectivity index (χ3v) is 3.19. The Morgan fingerprint density at radius 2 is 1.95 bits per heavy atom. The SMILES string of the molecule is CNC(=O)c1ccc(N)c(Nc2ccc3c(c2)OCO3)c1. The van der Waals surface area contributed by atoms with Gasteiger partial charge in [0, 0.05) is 24.4 Å². The number of nitrogens with two attached hydrogens (primary N) is 1. The summed E-state index contributed by atoms with van der Waals surface area (Å²) in [6.07, 6.45) is 0. The lowest BCUT2D eigenvalue weighted by atomic mass is 10.1. The summed E-state index contributed by atoms with van der Waals surface area (Å²) < 4.78 is 10.6. The van der Waals surface area contributed by atoms with Crippen molar-refractivity contribution < 1.29 is 14.3 Å². The normalized spacial score (nSPS) is 12.0. The first-order valence-electron chi connectivity index (χ1n) is 6.45. The van der Waals surface area contributed by atoms with E-state index in [0.29, 0.717) is 28.4 Å². The minimum atomic E-state index is -0.163. The highest BCUT2D eigenvalue weighted by Gasteiger charge is 2.14. The molecule has 2 aromatic carbocycles. The lowest BCUT2D eigenvalue weighted by Gasteiger charge is -2.11. The van der Waals surface area contributed by atoms with Gasteiger partial charge in [-0.25, -0.2) is 0 Å². The van der Waals surface area contributed by atoms with Crippen LogP contribution in [-0.4, -0.2) is 19.7 Å². The lowest BCUT2D eigenvalue weighted by Crippen LogP contribution is -2.17. The van der Waals surface area contributed by atoms with Crippen molar-refractivity contribution in [2.24, 2.45) is 0 Å². The van der Waals surface area contributed by atoms with Gasteiger partial charge in [-0.3, -0.25) is 4.79 Å². The number of hydrogen-bond donors (Lipinski definition) is 3. The Kier molecular flexibility index (Phi) is 3.27. The molecule has 0 saturated carbocycles. The molecule has 21 heavy (non-hydrogen) atoms. The summed E-state index contributed by atoms with van der Waals surface area (Å²) in [6.45, 7) is 0.229. The van der Waals surface area contributed by atoms with E-state index in [1.807, 2.05) is 18.2 Å². The van der Waals surface area contributed by atoms with Crippen LogP contribution in [0.2, 0.25) is 0 Å². The van der Waals surface area contributed by atoms with Gasteiger partial charge in [0.2, 0.25) is 6.79 Å². The molecule has 1 aliphatic rings. The van der Waals surface area contributed by atoms with Gasteiger partial charge in [-0.2, -0.15) is 0 Å².